The molecule has 6 nitrogen and oxygen atoms in total. The maximum absolute atomic E-state index is 12.4. The number of amides is 1. The lowest BCUT2D eigenvalue weighted by Gasteiger charge is -2.10. The van der Waals surface area contributed by atoms with Crippen LogP contribution in [0.5, 0.6) is 0 Å². The van der Waals surface area contributed by atoms with Crippen LogP contribution in [0.15, 0.2) is 12.3 Å². The normalized spacial score (nSPS) is 11.0. The van der Waals surface area contributed by atoms with Crippen molar-refractivity contribution in [3.05, 3.63) is 34.4 Å². The number of nitrogens with two attached hydrogens (primary N) is 1. The summed E-state index contributed by atoms with van der Waals surface area (Å²) >= 11 is 5.81. The van der Waals surface area contributed by atoms with E-state index in [0.29, 0.717) is 11.3 Å². The standard InChI is InChI=1S/C14H18ClN5O/c1-7(2)20-9(4)13(8(3)19-20)18-14(21)10-5-12(15)17-6-11(10)16/h5-7H,16H2,1-4H3,(H,18,21). The first-order chi connectivity index (χ1) is 9.81. The third-order valence-electron chi connectivity index (χ3n) is 3.20. The average Bonchev–Trinajstić information content (AvgIpc) is 2.69. The van der Waals surface area contributed by atoms with E-state index in [9.17, 15) is 4.79 Å². The fourth-order valence-corrected chi connectivity index (χ4v) is 2.32. The summed E-state index contributed by atoms with van der Waals surface area (Å²) in [7, 11) is 0. The maximum Gasteiger partial charge on any atom is 0.258 e. The lowest BCUT2D eigenvalue weighted by Crippen LogP contribution is -2.15. The molecule has 0 radical (unpaired) electrons. The molecule has 0 saturated carbocycles. The highest BCUT2D eigenvalue weighted by Crippen LogP contribution is 2.24. The first-order valence-corrected chi connectivity index (χ1v) is 6.97. The van der Waals surface area contributed by atoms with Crippen molar-refractivity contribution in [1.82, 2.24) is 14.8 Å². The SMILES string of the molecule is Cc1nn(C(C)C)c(C)c1NC(=O)c1cc(Cl)ncc1N. The second kappa shape index (κ2) is 5.73. The molecule has 0 aromatic carbocycles. The van der Waals surface area contributed by atoms with Gasteiger partial charge < -0.3 is 11.1 Å². The van der Waals surface area contributed by atoms with Gasteiger partial charge in [0.05, 0.1) is 34.5 Å². The van der Waals surface area contributed by atoms with E-state index in [4.69, 9.17) is 17.3 Å². The molecule has 7 heteroatoms. The number of nitrogens with zero attached hydrogens (tertiary/aromatic N) is 3. The number of carbonyl (C=O) groups is 1. The van der Waals surface area contributed by atoms with Crippen molar-refractivity contribution < 1.29 is 4.79 Å². The lowest BCUT2D eigenvalue weighted by molar-refractivity contribution is 0.102. The molecule has 3 N–H and O–H groups in total. The zero-order chi connectivity index (χ0) is 15.7. The van der Waals surface area contributed by atoms with Gasteiger partial charge in [-0.1, -0.05) is 11.6 Å². The van der Waals surface area contributed by atoms with Gasteiger partial charge >= 0.3 is 0 Å². The number of pyridine rings is 1. The molecule has 2 aromatic heterocycles. The number of carbonyl (C=O) groups excluding carboxylic acids is 1. The summed E-state index contributed by atoms with van der Waals surface area (Å²) in [6, 6.07) is 1.67. The van der Waals surface area contributed by atoms with Crippen molar-refractivity contribution in [2.24, 2.45) is 0 Å². The number of aromatic nitrogens is 3. The first-order valence-electron chi connectivity index (χ1n) is 6.59. The van der Waals surface area contributed by atoms with Crippen molar-refractivity contribution in [1.29, 1.82) is 0 Å². The van der Waals surface area contributed by atoms with Crippen LogP contribution in [0.4, 0.5) is 11.4 Å². The molecular formula is C14H18ClN5O. The molecule has 0 atom stereocenters. The fourth-order valence-electron chi connectivity index (χ4n) is 2.16. The quantitative estimate of drug-likeness (QED) is 0.854. The van der Waals surface area contributed by atoms with Crippen LogP contribution in [-0.4, -0.2) is 20.7 Å². The van der Waals surface area contributed by atoms with E-state index in [1.54, 1.807) is 0 Å². The molecule has 0 fully saturated rings. The first kappa shape index (κ1) is 15.3. The van der Waals surface area contributed by atoms with Gasteiger partial charge in [-0.25, -0.2) is 4.98 Å². The minimum absolute atomic E-state index is 0.217. The zero-order valence-corrected chi connectivity index (χ0v) is 13.2. The monoisotopic (exact) mass is 307 g/mol. The lowest BCUT2D eigenvalue weighted by atomic mass is 10.2. The summed E-state index contributed by atoms with van der Waals surface area (Å²) in [5.41, 5.74) is 8.70. The van der Waals surface area contributed by atoms with Crippen LogP contribution in [0.2, 0.25) is 5.15 Å². The third kappa shape index (κ3) is 3.00. The summed E-state index contributed by atoms with van der Waals surface area (Å²) in [6.45, 7) is 7.83. The van der Waals surface area contributed by atoms with E-state index in [1.807, 2.05) is 32.4 Å². The van der Waals surface area contributed by atoms with Crippen LogP contribution in [0.1, 0.15) is 41.6 Å². The Balaban J connectivity index is 2.34. The molecule has 0 unspecified atom stereocenters. The molecule has 0 saturated heterocycles. The van der Waals surface area contributed by atoms with E-state index >= 15 is 0 Å². The number of hydrogen-bond donors (Lipinski definition) is 2. The predicted octanol–water partition coefficient (Wildman–Crippen LogP) is 2.96. The van der Waals surface area contributed by atoms with Gasteiger partial charge in [0.1, 0.15) is 5.15 Å². The summed E-state index contributed by atoms with van der Waals surface area (Å²) in [6.07, 6.45) is 1.37. The van der Waals surface area contributed by atoms with Gasteiger partial charge in [-0.2, -0.15) is 5.10 Å². The van der Waals surface area contributed by atoms with Gasteiger partial charge in [0.2, 0.25) is 0 Å². The highest BCUT2D eigenvalue weighted by molar-refractivity contribution is 6.30. The highest BCUT2D eigenvalue weighted by atomic mass is 35.5. The van der Waals surface area contributed by atoms with Crippen molar-refractivity contribution in [3.8, 4) is 0 Å². The Labute approximate surface area is 128 Å². The van der Waals surface area contributed by atoms with Gasteiger partial charge in [-0.15, -0.1) is 0 Å². The molecular weight excluding hydrogens is 290 g/mol. The number of halogens is 1. The molecule has 0 spiro atoms. The number of nitrogen functional groups attached to an aromatic ring is 1. The van der Waals surface area contributed by atoms with Crippen LogP contribution in [0, 0.1) is 13.8 Å². The van der Waals surface area contributed by atoms with Gasteiger partial charge in [0.25, 0.3) is 5.91 Å². The van der Waals surface area contributed by atoms with Crippen LogP contribution < -0.4 is 11.1 Å². The highest BCUT2D eigenvalue weighted by Gasteiger charge is 2.18. The number of aryl methyl sites for hydroxylation is 1. The van der Waals surface area contributed by atoms with Gasteiger partial charge in [0.15, 0.2) is 0 Å². The Morgan fingerprint density at radius 1 is 1.43 bits per heavy atom. The van der Waals surface area contributed by atoms with Crippen molar-refractivity contribution in [2.75, 3.05) is 11.1 Å². The van der Waals surface area contributed by atoms with Gasteiger partial charge in [-0.3, -0.25) is 9.48 Å². The van der Waals surface area contributed by atoms with Crippen molar-refractivity contribution in [3.63, 3.8) is 0 Å². The largest absolute Gasteiger partial charge is 0.397 e. The Morgan fingerprint density at radius 3 is 2.67 bits per heavy atom. The predicted molar refractivity (Wildman–Crippen MR) is 83.7 cm³/mol. The smallest absolute Gasteiger partial charge is 0.258 e. The summed E-state index contributed by atoms with van der Waals surface area (Å²) in [5, 5.41) is 7.50. The van der Waals surface area contributed by atoms with Crippen LogP contribution >= 0.6 is 11.6 Å². The molecule has 21 heavy (non-hydrogen) atoms. The molecule has 0 bridgehead atoms. The Bertz CT molecular complexity index is 693. The molecule has 0 aliphatic rings. The van der Waals surface area contributed by atoms with Crippen LogP contribution in [0.3, 0.4) is 0 Å². The molecule has 0 aliphatic carbocycles. The van der Waals surface area contributed by atoms with E-state index in [-0.39, 0.29) is 22.8 Å². The maximum atomic E-state index is 12.4. The van der Waals surface area contributed by atoms with E-state index in [0.717, 1.165) is 11.4 Å². The van der Waals surface area contributed by atoms with Crippen molar-refractivity contribution in [2.45, 2.75) is 33.7 Å². The topological polar surface area (TPSA) is 85.8 Å². The van der Waals surface area contributed by atoms with Crippen LogP contribution in [-0.2, 0) is 0 Å². The summed E-state index contributed by atoms with van der Waals surface area (Å²) in [4.78, 5) is 16.2. The molecule has 2 heterocycles. The minimum Gasteiger partial charge on any atom is -0.397 e. The van der Waals surface area contributed by atoms with Crippen LogP contribution in [0.25, 0.3) is 0 Å². The zero-order valence-electron chi connectivity index (χ0n) is 12.4. The second-order valence-corrected chi connectivity index (χ2v) is 5.52. The fraction of sp³-hybridized carbons (Fsp3) is 0.357. The van der Waals surface area contributed by atoms with Gasteiger partial charge in [-0.05, 0) is 33.8 Å². The Hall–Kier alpha value is -2.08. The average molecular weight is 308 g/mol. The van der Waals surface area contributed by atoms with E-state index in [2.05, 4.69) is 15.4 Å². The molecule has 2 aromatic rings. The second-order valence-electron chi connectivity index (χ2n) is 5.13. The molecule has 112 valence electrons. The van der Waals surface area contributed by atoms with Gasteiger partial charge in [0, 0.05) is 6.04 Å². The minimum atomic E-state index is -0.327. The van der Waals surface area contributed by atoms with E-state index < -0.39 is 0 Å². The number of rotatable bonds is 3. The molecule has 2 rings (SSSR count). The molecule has 1 amide bonds. The number of anilines is 2. The third-order valence-corrected chi connectivity index (χ3v) is 3.41. The van der Waals surface area contributed by atoms with Crippen molar-refractivity contribution >= 4 is 28.9 Å². The Morgan fingerprint density at radius 2 is 2.10 bits per heavy atom. The summed E-state index contributed by atoms with van der Waals surface area (Å²) in [5.74, 6) is -0.327. The number of hydrogen-bond acceptors (Lipinski definition) is 4. The number of nitrogens with one attached hydrogen (secondary N) is 1. The Kier molecular flexibility index (Phi) is 4.18. The molecule has 0 aliphatic heterocycles. The summed E-state index contributed by atoms with van der Waals surface area (Å²) < 4.78 is 1.87. The van der Waals surface area contributed by atoms with E-state index in [1.165, 1.54) is 12.3 Å².